The van der Waals surface area contributed by atoms with Crippen LogP contribution in [0.4, 0.5) is 5.69 Å². The van der Waals surface area contributed by atoms with Crippen molar-refractivity contribution in [2.45, 2.75) is 37.6 Å². The van der Waals surface area contributed by atoms with E-state index in [0.717, 1.165) is 51.0 Å². The van der Waals surface area contributed by atoms with E-state index in [1.807, 2.05) is 24.3 Å². The number of aryl methyl sites for hydroxylation is 1. The molecule has 2 aromatic rings. The van der Waals surface area contributed by atoms with Gasteiger partial charge in [0.2, 0.25) is 5.91 Å². The molecule has 4 rings (SSSR count). The molecule has 2 unspecified atom stereocenters. The van der Waals surface area contributed by atoms with Crippen molar-refractivity contribution in [2.75, 3.05) is 24.5 Å². The number of nitrogens with one attached hydrogen (secondary N) is 1. The van der Waals surface area contributed by atoms with Crippen molar-refractivity contribution >= 4 is 11.6 Å². The summed E-state index contributed by atoms with van der Waals surface area (Å²) < 4.78 is 1.75. The zero-order valence-electron chi connectivity index (χ0n) is 14.1. The lowest BCUT2D eigenvalue weighted by atomic mass is 9.92. The van der Waals surface area contributed by atoms with Crippen LogP contribution in [-0.2, 0) is 11.8 Å². The van der Waals surface area contributed by atoms with Crippen LogP contribution in [0.2, 0.25) is 0 Å². The number of H-pyrrole nitrogens is 1. The first-order valence-electron chi connectivity index (χ1n) is 8.76. The van der Waals surface area contributed by atoms with Gasteiger partial charge in [-0.3, -0.25) is 19.5 Å². The van der Waals surface area contributed by atoms with Crippen LogP contribution < -0.4 is 4.90 Å². The van der Waals surface area contributed by atoms with Gasteiger partial charge in [0.15, 0.2) is 0 Å². The first-order valence-corrected chi connectivity index (χ1v) is 8.76. The van der Waals surface area contributed by atoms with Crippen molar-refractivity contribution in [3.05, 3.63) is 30.4 Å². The van der Waals surface area contributed by atoms with E-state index in [4.69, 9.17) is 0 Å². The molecule has 0 aliphatic carbocycles. The summed E-state index contributed by atoms with van der Waals surface area (Å²) in [6, 6.07) is 2.04. The van der Waals surface area contributed by atoms with Gasteiger partial charge in [-0.2, -0.15) is 10.2 Å². The summed E-state index contributed by atoms with van der Waals surface area (Å²) in [5, 5.41) is 11.4. The number of anilines is 1. The number of carbonyl (C=O) groups excluding carboxylic acids is 1. The molecule has 2 aliphatic rings. The fourth-order valence-corrected chi connectivity index (χ4v) is 4.04. The van der Waals surface area contributed by atoms with E-state index in [2.05, 4.69) is 26.3 Å². The van der Waals surface area contributed by atoms with E-state index in [1.54, 1.807) is 10.9 Å². The van der Waals surface area contributed by atoms with Crippen molar-refractivity contribution < 1.29 is 4.79 Å². The maximum Gasteiger partial charge on any atom is 0.244 e. The molecule has 24 heavy (non-hydrogen) atoms. The van der Waals surface area contributed by atoms with Gasteiger partial charge in [-0.25, -0.2) is 0 Å². The molecule has 0 radical (unpaired) electrons. The summed E-state index contributed by atoms with van der Waals surface area (Å²) in [4.78, 5) is 17.3. The molecule has 2 atom stereocenters. The molecule has 2 aliphatic heterocycles. The van der Waals surface area contributed by atoms with E-state index in [9.17, 15) is 4.79 Å². The average molecular weight is 328 g/mol. The zero-order valence-corrected chi connectivity index (χ0v) is 14.1. The summed E-state index contributed by atoms with van der Waals surface area (Å²) in [6.45, 7) is 2.72. The second-order valence-electron chi connectivity index (χ2n) is 6.87. The molecular weight excluding hydrogens is 304 g/mol. The maximum atomic E-state index is 13.1. The van der Waals surface area contributed by atoms with Gasteiger partial charge in [0, 0.05) is 44.1 Å². The van der Waals surface area contributed by atoms with Crippen LogP contribution in [-0.4, -0.2) is 56.5 Å². The molecule has 1 N–H and O–H groups in total. The van der Waals surface area contributed by atoms with Gasteiger partial charge in [0.1, 0.15) is 0 Å². The number of hydrogen-bond donors (Lipinski definition) is 1. The Morgan fingerprint density at radius 3 is 2.88 bits per heavy atom. The number of likely N-dealkylation sites (tertiary alicyclic amines) is 1. The Labute approximate surface area is 141 Å². The van der Waals surface area contributed by atoms with Crippen molar-refractivity contribution in [1.82, 2.24) is 24.9 Å². The van der Waals surface area contributed by atoms with Gasteiger partial charge in [0.25, 0.3) is 0 Å². The van der Waals surface area contributed by atoms with Crippen molar-refractivity contribution in [2.24, 2.45) is 7.05 Å². The molecule has 2 fully saturated rings. The Balaban J connectivity index is 1.49. The number of amides is 1. The molecule has 2 aromatic heterocycles. The minimum atomic E-state index is -0.00956. The minimum Gasteiger partial charge on any atom is -0.308 e. The van der Waals surface area contributed by atoms with Gasteiger partial charge in [-0.05, 0) is 38.3 Å². The number of hydrogen-bond acceptors (Lipinski definition) is 4. The molecule has 0 aromatic carbocycles. The Hall–Kier alpha value is -2.15. The standard InChI is InChI=1S/C17H24N6O/c1-21-12-14(10-19-21)23-9-3-5-16(17(23)24)22-8-2-4-13(11-22)15-6-7-18-20-15/h6-7,10,12-13,16H,2-5,8-9,11H2,1H3,(H,18,20). The molecule has 7 nitrogen and oxygen atoms in total. The predicted molar refractivity (Wildman–Crippen MR) is 90.7 cm³/mol. The molecule has 128 valence electrons. The highest BCUT2D eigenvalue weighted by Crippen LogP contribution is 2.30. The SMILES string of the molecule is Cn1cc(N2CCCC(N3CCCC(c4ccn[nH]4)C3)C2=O)cn1. The topological polar surface area (TPSA) is 70.1 Å². The monoisotopic (exact) mass is 328 g/mol. The second kappa shape index (κ2) is 6.39. The Morgan fingerprint density at radius 1 is 1.25 bits per heavy atom. The molecule has 7 heteroatoms. The van der Waals surface area contributed by atoms with Gasteiger partial charge in [-0.15, -0.1) is 0 Å². The first-order chi connectivity index (χ1) is 11.7. The van der Waals surface area contributed by atoms with Crippen LogP contribution in [0.15, 0.2) is 24.7 Å². The largest absolute Gasteiger partial charge is 0.308 e. The van der Waals surface area contributed by atoms with E-state index in [0.29, 0.717) is 5.92 Å². The van der Waals surface area contributed by atoms with Crippen LogP contribution in [0.25, 0.3) is 0 Å². The maximum absolute atomic E-state index is 13.1. The van der Waals surface area contributed by atoms with E-state index in [-0.39, 0.29) is 11.9 Å². The quantitative estimate of drug-likeness (QED) is 0.927. The predicted octanol–water partition coefficient (Wildman–Crippen LogP) is 1.52. The highest BCUT2D eigenvalue weighted by molar-refractivity contribution is 5.97. The summed E-state index contributed by atoms with van der Waals surface area (Å²) in [5.41, 5.74) is 2.10. The van der Waals surface area contributed by atoms with Gasteiger partial charge >= 0.3 is 0 Å². The lowest BCUT2D eigenvalue weighted by molar-refractivity contribution is -0.125. The van der Waals surface area contributed by atoms with Crippen molar-refractivity contribution in [1.29, 1.82) is 0 Å². The molecule has 4 heterocycles. The Morgan fingerprint density at radius 2 is 2.12 bits per heavy atom. The van der Waals surface area contributed by atoms with E-state index >= 15 is 0 Å². The second-order valence-corrected chi connectivity index (χ2v) is 6.87. The molecule has 0 saturated carbocycles. The van der Waals surface area contributed by atoms with E-state index in [1.165, 1.54) is 5.69 Å². The Bertz CT molecular complexity index is 694. The number of rotatable bonds is 3. The third-order valence-electron chi connectivity index (χ3n) is 5.27. The smallest absolute Gasteiger partial charge is 0.244 e. The van der Waals surface area contributed by atoms with Crippen LogP contribution in [0, 0.1) is 0 Å². The summed E-state index contributed by atoms with van der Waals surface area (Å²) in [7, 11) is 1.88. The van der Waals surface area contributed by atoms with Crippen molar-refractivity contribution in [3.63, 3.8) is 0 Å². The number of nitrogens with zero attached hydrogens (tertiary/aromatic N) is 5. The normalized spacial score (nSPS) is 26.0. The van der Waals surface area contributed by atoms with Gasteiger partial charge in [-0.1, -0.05) is 0 Å². The van der Waals surface area contributed by atoms with Crippen LogP contribution >= 0.6 is 0 Å². The van der Waals surface area contributed by atoms with Crippen molar-refractivity contribution in [3.8, 4) is 0 Å². The van der Waals surface area contributed by atoms with E-state index < -0.39 is 0 Å². The number of aromatic amines is 1. The summed E-state index contributed by atoms with van der Waals surface area (Å²) >= 11 is 0. The third kappa shape index (κ3) is 2.84. The number of aromatic nitrogens is 4. The fourth-order valence-electron chi connectivity index (χ4n) is 4.04. The lowest BCUT2D eigenvalue weighted by Gasteiger charge is -2.41. The Kier molecular flexibility index (Phi) is 4.10. The molecule has 1 amide bonds. The fraction of sp³-hybridized carbons (Fsp3) is 0.588. The van der Waals surface area contributed by atoms with Crippen LogP contribution in [0.1, 0.15) is 37.3 Å². The third-order valence-corrected chi connectivity index (χ3v) is 5.27. The van der Waals surface area contributed by atoms with Crippen LogP contribution in [0.5, 0.6) is 0 Å². The number of carbonyl (C=O) groups is 1. The molecule has 0 bridgehead atoms. The molecule has 2 saturated heterocycles. The highest BCUT2D eigenvalue weighted by Gasteiger charge is 2.36. The first kappa shape index (κ1) is 15.4. The van der Waals surface area contributed by atoms with Gasteiger partial charge in [0.05, 0.1) is 17.9 Å². The molecular formula is C17H24N6O. The number of piperidine rings is 2. The average Bonchev–Trinajstić information content (AvgIpc) is 3.27. The lowest BCUT2D eigenvalue weighted by Crippen LogP contribution is -2.54. The van der Waals surface area contributed by atoms with Gasteiger partial charge < -0.3 is 4.90 Å². The van der Waals surface area contributed by atoms with Crippen LogP contribution in [0.3, 0.4) is 0 Å². The zero-order chi connectivity index (χ0) is 16.5. The minimum absolute atomic E-state index is 0.00956. The highest BCUT2D eigenvalue weighted by atomic mass is 16.2. The molecule has 0 spiro atoms. The summed E-state index contributed by atoms with van der Waals surface area (Å²) in [6.07, 6.45) is 9.78. The summed E-state index contributed by atoms with van der Waals surface area (Å²) in [5.74, 6) is 0.669.